The maximum Gasteiger partial charge on any atom is 0.327 e. The normalized spacial score (nSPS) is 14.3. The Morgan fingerprint density at radius 2 is 1.79 bits per heavy atom. The van der Waals surface area contributed by atoms with Gasteiger partial charge in [0.2, 0.25) is 11.5 Å². The number of benzene rings is 2. The zero-order chi connectivity index (χ0) is 24.8. The number of carbonyl (C=O) groups is 3. The SMILES string of the molecule is COc1cc(C(=O)NCCN2C(=O)S/C(=C\c3ccccc3)C2=O)c([N+](=O)[O-])c(OC)c1OC. The van der Waals surface area contributed by atoms with Crippen molar-refractivity contribution in [3.63, 3.8) is 0 Å². The van der Waals surface area contributed by atoms with Crippen molar-refractivity contribution in [2.75, 3.05) is 34.4 Å². The summed E-state index contributed by atoms with van der Waals surface area (Å²) in [4.78, 5) is 49.9. The fourth-order valence-electron chi connectivity index (χ4n) is 3.27. The maximum atomic E-state index is 12.8. The Morgan fingerprint density at radius 3 is 2.38 bits per heavy atom. The lowest BCUT2D eigenvalue weighted by atomic mass is 10.1. The van der Waals surface area contributed by atoms with E-state index in [9.17, 15) is 24.5 Å². The van der Waals surface area contributed by atoms with E-state index in [1.54, 1.807) is 18.2 Å². The van der Waals surface area contributed by atoms with Crippen molar-refractivity contribution in [3.05, 3.63) is 62.5 Å². The Labute approximate surface area is 198 Å². The molecule has 0 saturated carbocycles. The standard InChI is InChI=1S/C22H21N3O8S/c1-31-15-12-14(17(25(29)30)19(33-3)18(15)32-2)20(26)23-9-10-24-21(27)16(34-22(24)28)11-13-7-5-4-6-8-13/h4-8,11-12H,9-10H2,1-3H3,(H,23,26)/b16-11-. The average molecular weight is 487 g/mol. The highest BCUT2D eigenvalue weighted by molar-refractivity contribution is 8.18. The Hall–Kier alpha value is -4.06. The van der Waals surface area contributed by atoms with E-state index < -0.39 is 27.7 Å². The molecule has 1 saturated heterocycles. The fraction of sp³-hybridized carbons (Fsp3) is 0.227. The lowest BCUT2D eigenvalue weighted by Crippen LogP contribution is -2.37. The van der Waals surface area contributed by atoms with E-state index in [-0.39, 0.29) is 40.8 Å². The number of nitro benzene ring substituents is 1. The van der Waals surface area contributed by atoms with Crippen molar-refractivity contribution in [1.29, 1.82) is 0 Å². The molecule has 0 atom stereocenters. The van der Waals surface area contributed by atoms with E-state index in [2.05, 4.69) is 5.32 Å². The van der Waals surface area contributed by atoms with Gasteiger partial charge in [0.15, 0.2) is 5.75 Å². The Morgan fingerprint density at radius 1 is 1.12 bits per heavy atom. The van der Waals surface area contributed by atoms with Crippen LogP contribution in [0.5, 0.6) is 17.2 Å². The number of nitrogens with one attached hydrogen (secondary N) is 1. The van der Waals surface area contributed by atoms with Crippen LogP contribution in [0.4, 0.5) is 10.5 Å². The summed E-state index contributed by atoms with van der Waals surface area (Å²) >= 11 is 0.802. The highest BCUT2D eigenvalue weighted by Gasteiger charge is 2.35. The molecule has 1 fully saturated rings. The van der Waals surface area contributed by atoms with Gasteiger partial charge in [-0.15, -0.1) is 0 Å². The summed E-state index contributed by atoms with van der Waals surface area (Å²) < 4.78 is 15.4. The number of rotatable bonds is 9. The quantitative estimate of drug-likeness (QED) is 0.321. The van der Waals surface area contributed by atoms with Gasteiger partial charge in [0, 0.05) is 19.2 Å². The van der Waals surface area contributed by atoms with Crippen molar-refractivity contribution in [2.24, 2.45) is 0 Å². The van der Waals surface area contributed by atoms with Crippen LogP contribution in [0.2, 0.25) is 0 Å². The minimum atomic E-state index is -0.808. The van der Waals surface area contributed by atoms with E-state index in [0.717, 1.165) is 28.3 Å². The molecule has 0 bridgehead atoms. The largest absolute Gasteiger partial charge is 0.493 e. The topological polar surface area (TPSA) is 137 Å². The Kier molecular flexibility index (Phi) is 7.74. The summed E-state index contributed by atoms with van der Waals surface area (Å²) in [5.41, 5.74) is -0.150. The molecule has 0 spiro atoms. The van der Waals surface area contributed by atoms with Gasteiger partial charge in [0.25, 0.3) is 17.1 Å². The smallest absolute Gasteiger partial charge is 0.327 e. The molecule has 178 valence electrons. The van der Waals surface area contributed by atoms with Gasteiger partial charge in [-0.2, -0.15) is 0 Å². The van der Waals surface area contributed by atoms with Crippen LogP contribution >= 0.6 is 11.8 Å². The lowest BCUT2D eigenvalue weighted by Gasteiger charge is -2.16. The van der Waals surface area contributed by atoms with Crippen molar-refractivity contribution >= 4 is 40.6 Å². The average Bonchev–Trinajstić information content (AvgIpc) is 3.10. The van der Waals surface area contributed by atoms with Crippen molar-refractivity contribution < 1.29 is 33.5 Å². The van der Waals surface area contributed by atoms with Gasteiger partial charge < -0.3 is 19.5 Å². The number of methoxy groups -OCH3 is 3. The summed E-state index contributed by atoms with van der Waals surface area (Å²) in [6, 6.07) is 10.2. The highest BCUT2D eigenvalue weighted by atomic mass is 32.2. The molecule has 11 nitrogen and oxygen atoms in total. The van der Waals surface area contributed by atoms with Crippen LogP contribution in [0.3, 0.4) is 0 Å². The molecular weight excluding hydrogens is 466 g/mol. The molecule has 2 aromatic carbocycles. The molecule has 0 aromatic heterocycles. The Bertz CT molecular complexity index is 1170. The first-order valence-electron chi connectivity index (χ1n) is 9.88. The molecule has 3 amide bonds. The first kappa shape index (κ1) is 24.6. The molecule has 0 radical (unpaired) electrons. The highest BCUT2D eigenvalue weighted by Crippen LogP contribution is 2.46. The van der Waals surface area contributed by atoms with E-state index in [4.69, 9.17) is 14.2 Å². The monoisotopic (exact) mass is 487 g/mol. The molecule has 1 heterocycles. The summed E-state index contributed by atoms with van der Waals surface area (Å²) in [6.45, 7) is -0.232. The minimum Gasteiger partial charge on any atom is -0.493 e. The lowest BCUT2D eigenvalue weighted by molar-refractivity contribution is -0.386. The number of nitro groups is 1. The zero-order valence-corrected chi connectivity index (χ0v) is 19.3. The molecule has 1 aliphatic heterocycles. The third kappa shape index (κ3) is 4.96. The van der Waals surface area contributed by atoms with Gasteiger partial charge in [0.05, 0.1) is 31.2 Å². The third-order valence-corrected chi connectivity index (χ3v) is 5.73. The molecule has 0 aliphatic carbocycles. The van der Waals surface area contributed by atoms with Crippen LogP contribution in [0.25, 0.3) is 6.08 Å². The van der Waals surface area contributed by atoms with Crippen LogP contribution in [0.1, 0.15) is 15.9 Å². The molecule has 12 heteroatoms. The van der Waals surface area contributed by atoms with Crippen LogP contribution in [0.15, 0.2) is 41.3 Å². The fourth-order valence-corrected chi connectivity index (χ4v) is 4.13. The number of carbonyl (C=O) groups excluding carboxylic acids is 3. The molecular formula is C22H21N3O8S. The molecule has 1 aliphatic rings. The predicted octanol–water partition coefficient (Wildman–Crippen LogP) is 3.09. The minimum absolute atomic E-state index is 0.0312. The van der Waals surface area contributed by atoms with Crippen molar-refractivity contribution in [3.8, 4) is 17.2 Å². The molecule has 1 N–H and O–H groups in total. The number of nitrogens with zero attached hydrogens (tertiary/aromatic N) is 2. The molecule has 0 unspecified atom stereocenters. The number of imide groups is 1. The van der Waals surface area contributed by atoms with Crippen LogP contribution in [-0.2, 0) is 4.79 Å². The van der Waals surface area contributed by atoms with Gasteiger partial charge >= 0.3 is 5.69 Å². The predicted molar refractivity (Wildman–Crippen MR) is 124 cm³/mol. The molecule has 3 rings (SSSR count). The second-order valence-electron chi connectivity index (χ2n) is 6.80. The van der Waals surface area contributed by atoms with Crippen molar-refractivity contribution in [2.45, 2.75) is 0 Å². The number of thioether (sulfide) groups is 1. The van der Waals surface area contributed by atoms with Gasteiger partial charge in [0.1, 0.15) is 5.56 Å². The van der Waals surface area contributed by atoms with Gasteiger partial charge in [-0.3, -0.25) is 29.4 Å². The summed E-state index contributed by atoms with van der Waals surface area (Å²) in [7, 11) is 3.80. The number of amides is 3. The third-order valence-electron chi connectivity index (χ3n) is 4.82. The summed E-state index contributed by atoms with van der Waals surface area (Å²) in [5, 5.41) is 13.7. The van der Waals surface area contributed by atoms with Crippen molar-refractivity contribution in [1.82, 2.24) is 10.2 Å². The first-order chi connectivity index (χ1) is 16.3. The van der Waals surface area contributed by atoms with Gasteiger partial charge in [-0.05, 0) is 23.4 Å². The first-order valence-corrected chi connectivity index (χ1v) is 10.7. The van der Waals surface area contributed by atoms with E-state index in [1.165, 1.54) is 21.3 Å². The second kappa shape index (κ2) is 10.7. The zero-order valence-electron chi connectivity index (χ0n) is 18.5. The number of ether oxygens (including phenoxy) is 3. The van der Waals surface area contributed by atoms with Crippen LogP contribution in [0, 0.1) is 10.1 Å². The summed E-state index contributed by atoms with van der Waals surface area (Å²) in [6.07, 6.45) is 1.61. The Balaban J connectivity index is 1.75. The number of hydrogen-bond acceptors (Lipinski definition) is 9. The van der Waals surface area contributed by atoms with E-state index >= 15 is 0 Å². The van der Waals surface area contributed by atoms with Gasteiger partial charge in [-0.25, -0.2) is 0 Å². The maximum absolute atomic E-state index is 12.8. The summed E-state index contributed by atoms with van der Waals surface area (Å²) in [5.74, 6) is -1.53. The molecule has 2 aromatic rings. The van der Waals surface area contributed by atoms with E-state index in [1.807, 2.05) is 18.2 Å². The molecule has 34 heavy (non-hydrogen) atoms. The second-order valence-corrected chi connectivity index (χ2v) is 7.79. The number of hydrogen-bond donors (Lipinski definition) is 1. The van der Waals surface area contributed by atoms with E-state index in [0.29, 0.717) is 0 Å². The van der Waals surface area contributed by atoms with Crippen LogP contribution < -0.4 is 19.5 Å². The van der Waals surface area contributed by atoms with Crippen LogP contribution in [-0.4, -0.2) is 61.3 Å². The van der Waals surface area contributed by atoms with Gasteiger partial charge in [-0.1, -0.05) is 30.3 Å².